The van der Waals surface area contributed by atoms with Crippen LogP contribution in [0.3, 0.4) is 0 Å². The number of aryl methyl sites for hydroxylation is 1. The molecule has 0 bridgehead atoms. The standard InChI is InChI=1S/C22H30N2O4S/c1-17-10-12-18(13-11-17)29(26,27)24(5)16-21(25)23-14-15-28-20-9-7-6-8-19(20)22(2,3)4/h6-13H,14-16H2,1-5H3,(H,23,25). The number of rotatable bonds is 8. The van der Waals surface area contributed by atoms with E-state index in [1.54, 1.807) is 24.3 Å². The molecule has 0 aliphatic carbocycles. The Labute approximate surface area is 173 Å². The molecule has 2 rings (SSSR count). The first-order chi connectivity index (χ1) is 13.5. The number of hydrogen-bond donors (Lipinski definition) is 1. The molecule has 2 aromatic rings. The summed E-state index contributed by atoms with van der Waals surface area (Å²) in [5, 5.41) is 2.70. The molecule has 0 aliphatic heterocycles. The van der Waals surface area contributed by atoms with Crippen LogP contribution in [-0.2, 0) is 20.2 Å². The molecule has 0 spiro atoms. The smallest absolute Gasteiger partial charge is 0.243 e. The lowest BCUT2D eigenvalue weighted by Gasteiger charge is -2.22. The van der Waals surface area contributed by atoms with E-state index in [1.807, 2.05) is 31.2 Å². The van der Waals surface area contributed by atoms with E-state index in [1.165, 1.54) is 7.05 Å². The second-order valence-corrected chi connectivity index (χ2v) is 10.1. The molecule has 158 valence electrons. The van der Waals surface area contributed by atoms with E-state index in [2.05, 4.69) is 26.1 Å². The molecule has 0 radical (unpaired) electrons. The molecule has 0 heterocycles. The molecule has 6 nitrogen and oxygen atoms in total. The third kappa shape index (κ3) is 6.30. The molecule has 0 aromatic heterocycles. The van der Waals surface area contributed by atoms with Gasteiger partial charge in [0, 0.05) is 7.05 Å². The van der Waals surface area contributed by atoms with Gasteiger partial charge in [-0.25, -0.2) is 8.42 Å². The fourth-order valence-corrected chi connectivity index (χ4v) is 3.92. The van der Waals surface area contributed by atoms with Crippen molar-refractivity contribution in [2.24, 2.45) is 0 Å². The number of likely N-dealkylation sites (N-methyl/N-ethyl adjacent to an activating group) is 1. The van der Waals surface area contributed by atoms with Gasteiger partial charge in [-0.2, -0.15) is 4.31 Å². The minimum absolute atomic E-state index is 0.0487. The summed E-state index contributed by atoms with van der Waals surface area (Å²) >= 11 is 0. The Morgan fingerprint density at radius 2 is 1.69 bits per heavy atom. The number of sulfonamides is 1. The predicted molar refractivity (Wildman–Crippen MR) is 115 cm³/mol. The zero-order chi connectivity index (χ0) is 21.7. The van der Waals surface area contributed by atoms with Gasteiger partial charge in [0.15, 0.2) is 0 Å². The van der Waals surface area contributed by atoms with Gasteiger partial charge in [-0.05, 0) is 36.1 Å². The topological polar surface area (TPSA) is 75.7 Å². The monoisotopic (exact) mass is 418 g/mol. The lowest BCUT2D eigenvalue weighted by Crippen LogP contribution is -2.39. The van der Waals surface area contributed by atoms with Crippen LogP contribution < -0.4 is 10.1 Å². The Morgan fingerprint density at radius 1 is 1.07 bits per heavy atom. The Bertz CT molecular complexity index is 932. The normalized spacial score (nSPS) is 12.1. The van der Waals surface area contributed by atoms with Crippen molar-refractivity contribution in [2.75, 3.05) is 26.7 Å². The fourth-order valence-electron chi connectivity index (χ4n) is 2.80. The van der Waals surface area contributed by atoms with E-state index in [0.717, 1.165) is 21.2 Å². The van der Waals surface area contributed by atoms with E-state index in [4.69, 9.17) is 4.74 Å². The molecular weight excluding hydrogens is 388 g/mol. The van der Waals surface area contributed by atoms with Gasteiger partial charge < -0.3 is 10.1 Å². The van der Waals surface area contributed by atoms with Crippen molar-refractivity contribution in [1.82, 2.24) is 9.62 Å². The zero-order valence-corrected chi connectivity index (χ0v) is 18.5. The molecule has 0 atom stereocenters. The van der Waals surface area contributed by atoms with Gasteiger partial charge >= 0.3 is 0 Å². The Morgan fingerprint density at radius 3 is 2.31 bits per heavy atom. The van der Waals surface area contributed by atoms with Gasteiger partial charge in [-0.3, -0.25) is 4.79 Å². The first-order valence-corrected chi connectivity index (χ1v) is 11.0. The highest BCUT2D eigenvalue weighted by Gasteiger charge is 2.23. The van der Waals surface area contributed by atoms with Crippen molar-refractivity contribution in [1.29, 1.82) is 0 Å². The quantitative estimate of drug-likeness (QED) is 0.669. The van der Waals surface area contributed by atoms with Crippen molar-refractivity contribution in [3.05, 3.63) is 59.7 Å². The molecular formula is C22H30N2O4S. The number of para-hydroxylation sites is 1. The third-order valence-corrected chi connectivity index (χ3v) is 6.29. The van der Waals surface area contributed by atoms with Crippen LogP contribution in [0.15, 0.2) is 53.4 Å². The number of amides is 1. The van der Waals surface area contributed by atoms with Gasteiger partial charge in [0.25, 0.3) is 0 Å². The van der Waals surface area contributed by atoms with Crippen LogP contribution in [0.4, 0.5) is 0 Å². The van der Waals surface area contributed by atoms with Crippen LogP contribution in [0.1, 0.15) is 31.9 Å². The summed E-state index contributed by atoms with van der Waals surface area (Å²) < 4.78 is 32.0. The second-order valence-electron chi connectivity index (χ2n) is 8.02. The first-order valence-electron chi connectivity index (χ1n) is 9.54. The largest absolute Gasteiger partial charge is 0.491 e. The fraction of sp³-hybridized carbons (Fsp3) is 0.409. The molecule has 29 heavy (non-hydrogen) atoms. The molecule has 0 saturated heterocycles. The van der Waals surface area contributed by atoms with Crippen LogP contribution in [0.5, 0.6) is 5.75 Å². The van der Waals surface area contributed by atoms with Gasteiger partial charge in [-0.15, -0.1) is 0 Å². The third-order valence-electron chi connectivity index (χ3n) is 4.47. The molecule has 2 aromatic carbocycles. The van der Waals surface area contributed by atoms with Gasteiger partial charge in [0.1, 0.15) is 12.4 Å². The van der Waals surface area contributed by atoms with Crippen LogP contribution in [-0.4, -0.2) is 45.4 Å². The van der Waals surface area contributed by atoms with Crippen LogP contribution in [0.25, 0.3) is 0 Å². The molecule has 7 heteroatoms. The highest BCUT2D eigenvalue weighted by Crippen LogP contribution is 2.30. The maximum atomic E-state index is 12.5. The Hall–Kier alpha value is -2.38. The lowest BCUT2D eigenvalue weighted by molar-refractivity contribution is -0.121. The van der Waals surface area contributed by atoms with Crippen LogP contribution >= 0.6 is 0 Å². The van der Waals surface area contributed by atoms with E-state index in [-0.39, 0.29) is 29.3 Å². The number of nitrogens with zero attached hydrogens (tertiary/aromatic N) is 1. The predicted octanol–water partition coefficient (Wildman–Crippen LogP) is 3.11. The number of carbonyl (C=O) groups is 1. The summed E-state index contributed by atoms with van der Waals surface area (Å²) in [6.45, 7) is 8.55. The van der Waals surface area contributed by atoms with E-state index < -0.39 is 10.0 Å². The SMILES string of the molecule is Cc1ccc(S(=O)(=O)N(C)CC(=O)NCCOc2ccccc2C(C)(C)C)cc1. The van der Waals surface area contributed by atoms with Crippen molar-refractivity contribution >= 4 is 15.9 Å². The van der Waals surface area contributed by atoms with E-state index in [9.17, 15) is 13.2 Å². The van der Waals surface area contributed by atoms with Crippen molar-refractivity contribution in [2.45, 2.75) is 38.0 Å². The molecule has 1 amide bonds. The zero-order valence-electron chi connectivity index (χ0n) is 17.7. The first kappa shape index (κ1) is 22.9. The van der Waals surface area contributed by atoms with Crippen molar-refractivity contribution < 1.29 is 17.9 Å². The number of nitrogens with one attached hydrogen (secondary N) is 1. The minimum atomic E-state index is -3.71. The van der Waals surface area contributed by atoms with Crippen molar-refractivity contribution in [3.63, 3.8) is 0 Å². The summed E-state index contributed by atoms with van der Waals surface area (Å²) in [5.74, 6) is 0.407. The summed E-state index contributed by atoms with van der Waals surface area (Å²) in [7, 11) is -2.31. The van der Waals surface area contributed by atoms with E-state index in [0.29, 0.717) is 6.61 Å². The average molecular weight is 419 g/mol. The number of ether oxygens (including phenoxy) is 1. The minimum Gasteiger partial charge on any atom is -0.491 e. The van der Waals surface area contributed by atoms with Gasteiger partial charge in [-0.1, -0.05) is 56.7 Å². The maximum Gasteiger partial charge on any atom is 0.243 e. The maximum absolute atomic E-state index is 12.5. The van der Waals surface area contributed by atoms with Gasteiger partial charge in [0.2, 0.25) is 15.9 Å². The summed E-state index contributed by atoms with van der Waals surface area (Å²) in [6.07, 6.45) is 0. The second kappa shape index (κ2) is 9.41. The highest BCUT2D eigenvalue weighted by atomic mass is 32.2. The highest BCUT2D eigenvalue weighted by molar-refractivity contribution is 7.89. The number of benzene rings is 2. The number of carbonyl (C=O) groups excluding carboxylic acids is 1. The molecule has 0 fully saturated rings. The summed E-state index contributed by atoms with van der Waals surface area (Å²) in [6, 6.07) is 14.4. The Kier molecular flexibility index (Phi) is 7.43. The Balaban J connectivity index is 1.85. The molecule has 0 saturated carbocycles. The van der Waals surface area contributed by atoms with Crippen LogP contribution in [0, 0.1) is 6.92 Å². The average Bonchev–Trinajstić information content (AvgIpc) is 2.65. The summed E-state index contributed by atoms with van der Waals surface area (Å²) in [5.41, 5.74) is 2.01. The number of hydrogen-bond acceptors (Lipinski definition) is 4. The van der Waals surface area contributed by atoms with Crippen LogP contribution in [0.2, 0.25) is 0 Å². The van der Waals surface area contributed by atoms with Gasteiger partial charge in [0.05, 0.1) is 18.0 Å². The lowest BCUT2D eigenvalue weighted by atomic mass is 9.86. The van der Waals surface area contributed by atoms with Crippen molar-refractivity contribution in [3.8, 4) is 5.75 Å². The molecule has 0 aliphatic rings. The molecule has 1 N–H and O–H groups in total. The molecule has 0 unspecified atom stereocenters. The summed E-state index contributed by atoms with van der Waals surface area (Å²) in [4.78, 5) is 12.3. The van der Waals surface area contributed by atoms with E-state index >= 15 is 0 Å².